The topological polar surface area (TPSA) is 129 Å². The second-order valence-electron chi connectivity index (χ2n) is 15.2. The first-order valence-electron chi connectivity index (χ1n) is 18.2. The van der Waals surface area contributed by atoms with E-state index in [1.165, 1.54) is 0 Å². The van der Waals surface area contributed by atoms with E-state index >= 15 is 0 Å². The summed E-state index contributed by atoms with van der Waals surface area (Å²) in [6.07, 6.45) is 4.03. The lowest BCUT2D eigenvalue weighted by atomic mass is 9.82. The van der Waals surface area contributed by atoms with Crippen LogP contribution < -0.4 is 16.0 Å². The number of ether oxygens (including phenoxy) is 2. The second kappa shape index (κ2) is 20.7. The number of carbonyl (C=O) groups is 3. The molecule has 0 radical (unpaired) electrons. The molecule has 0 aliphatic carbocycles. The van der Waals surface area contributed by atoms with Gasteiger partial charge in [-0.05, 0) is 88.7 Å². The number of methoxy groups -OCH3 is 1. The lowest BCUT2D eigenvalue weighted by Crippen LogP contribution is -2.49. The van der Waals surface area contributed by atoms with Crippen molar-refractivity contribution in [1.82, 2.24) is 20.9 Å². The van der Waals surface area contributed by atoms with Gasteiger partial charge in [0.05, 0.1) is 18.2 Å². The van der Waals surface area contributed by atoms with Crippen molar-refractivity contribution in [1.29, 1.82) is 0 Å². The van der Waals surface area contributed by atoms with Gasteiger partial charge in [-0.15, -0.1) is 0 Å². The number of hydrogen-bond donors (Lipinski definition) is 4. The van der Waals surface area contributed by atoms with Crippen LogP contribution in [-0.4, -0.2) is 91.6 Å². The van der Waals surface area contributed by atoms with Crippen molar-refractivity contribution in [3.8, 4) is 0 Å². The van der Waals surface area contributed by atoms with Gasteiger partial charge >= 0.3 is 6.09 Å². The molecule has 48 heavy (non-hydrogen) atoms. The number of unbranched alkanes of at least 4 members (excludes halogenated alkanes) is 1. The molecule has 274 valence electrons. The normalized spacial score (nSPS) is 17.1. The molecular formula is C38H66N4O6. The van der Waals surface area contributed by atoms with Crippen LogP contribution in [0.5, 0.6) is 0 Å². The first kappa shape index (κ1) is 41.5. The molecule has 0 aromatic heterocycles. The van der Waals surface area contributed by atoms with E-state index in [0.29, 0.717) is 31.2 Å². The van der Waals surface area contributed by atoms with Crippen molar-refractivity contribution in [3.05, 3.63) is 35.4 Å². The number of nitrogens with zero attached hydrogens (tertiary/aromatic N) is 1. The van der Waals surface area contributed by atoms with E-state index in [1.807, 2.05) is 38.1 Å². The van der Waals surface area contributed by atoms with Crippen LogP contribution in [0, 0.1) is 23.7 Å². The SMILES string of the molecule is CCCCNC(=O)C(CC(O)C(CC(CNC(=O)c1ccccc1CCN1CCC(OC)CC1)C(C)C)NC(=O)OC(C)(C)C)C(C)C. The number of aliphatic hydroxyl groups is 1. The van der Waals surface area contributed by atoms with Gasteiger partial charge in [-0.3, -0.25) is 9.59 Å². The van der Waals surface area contributed by atoms with Crippen LogP contribution in [0.4, 0.5) is 4.79 Å². The summed E-state index contributed by atoms with van der Waals surface area (Å²) in [4.78, 5) is 42.0. The minimum atomic E-state index is -0.992. The molecule has 0 spiro atoms. The third kappa shape index (κ3) is 14.8. The summed E-state index contributed by atoms with van der Waals surface area (Å²) in [6.45, 7) is 19.4. The Labute approximate surface area is 290 Å². The van der Waals surface area contributed by atoms with Crippen LogP contribution in [-0.2, 0) is 20.7 Å². The fourth-order valence-corrected chi connectivity index (χ4v) is 6.24. The molecule has 0 bridgehead atoms. The van der Waals surface area contributed by atoms with Crippen LogP contribution in [0.2, 0.25) is 0 Å². The molecule has 1 heterocycles. The van der Waals surface area contributed by atoms with Gasteiger partial charge in [0.15, 0.2) is 0 Å². The van der Waals surface area contributed by atoms with Gasteiger partial charge in [-0.25, -0.2) is 4.79 Å². The summed E-state index contributed by atoms with van der Waals surface area (Å²) < 4.78 is 11.1. The zero-order chi connectivity index (χ0) is 35.9. The van der Waals surface area contributed by atoms with Gasteiger partial charge in [0.2, 0.25) is 5.91 Å². The summed E-state index contributed by atoms with van der Waals surface area (Å²) in [5.41, 5.74) is 0.976. The number of benzene rings is 1. The fourth-order valence-electron chi connectivity index (χ4n) is 6.24. The minimum Gasteiger partial charge on any atom is -0.444 e. The van der Waals surface area contributed by atoms with Crippen molar-refractivity contribution in [2.45, 2.75) is 124 Å². The monoisotopic (exact) mass is 674 g/mol. The Balaban J connectivity index is 2.14. The van der Waals surface area contributed by atoms with Gasteiger partial charge < -0.3 is 35.4 Å². The Morgan fingerprint density at radius 3 is 2.25 bits per heavy atom. The number of hydrogen-bond acceptors (Lipinski definition) is 7. The Kier molecular flexibility index (Phi) is 17.9. The Morgan fingerprint density at radius 1 is 1.00 bits per heavy atom. The standard InChI is InChI=1S/C38H66N4O6/c1-10-11-19-39-36(45)32(27(4)5)24-34(43)33(41-37(46)48-38(6,7)8)23-29(26(2)3)25-40-35(44)31-15-13-12-14-28(31)16-20-42-21-17-30(47-9)18-22-42/h12-15,26-27,29-30,32-34,43H,10-11,16-25H2,1-9H3,(H,39,45)(H,40,44)(H,41,46). The maximum absolute atomic E-state index is 13.6. The molecule has 1 aromatic rings. The summed E-state index contributed by atoms with van der Waals surface area (Å²) in [7, 11) is 1.78. The summed E-state index contributed by atoms with van der Waals surface area (Å²) in [6, 6.07) is 7.09. The summed E-state index contributed by atoms with van der Waals surface area (Å²) in [5, 5.41) is 20.6. The molecule has 1 saturated heterocycles. The molecule has 1 aliphatic heterocycles. The molecular weight excluding hydrogens is 608 g/mol. The third-order valence-corrected chi connectivity index (χ3v) is 9.48. The molecule has 4 N–H and O–H groups in total. The largest absolute Gasteiger partial charge is 0.444 e. The van der Waals surface area contributed by atoms with Gasteiger partial charge in [0.25, 0.3) is 5.91 Å². The van der Waals surface area contributed by atoms with Gasteiger partial charge in [-0.1, -0.05) is 59.2 Å². The van der Waals surface area contributed by atoms with Crippen LogP contribution in [0.25, 0.3) is 0 Å². The molecule has 1 fully saturated rings. The van der Waals surface area contributed by atoms with E-state index in [1.54, 1.807) is 27.9 Å². The highest BCUT2D eigenvalue weighted by atomic mass is 16.6. The second-order valence-corrected chi connectivity index (χ2v) is 15.2. The molecule has 3 amide bonds. The average Bonchev–Trinajstić information content (AvgIpc) is 3.02. The van der Waals surface area contributed by atoms with Gasteiger partial charge in [0, 0.05) is 51.3 Å². The molecule has 1 aromatic carbocycles. The summed E-state index contributed by atoms with van der Waals surface area (Å²) in [5.74, 6) is -0.548. The number of likely N-dealkylation sites (tertiary alicyclic amines) is 1. The predicted molar refractivity (Wildman–Crippen MR) is 192 cm³/mol. The van der Waals surface area contributed by atoms with Crippen molar-refractivity contribution in [3.63, 3.8) is 0 Å². The van der Waals surface area contributed by atoms with Crippen LogP contribution in [0.15, 0.2) is 24.3 Å². The van der Waals surface area contributed by atoms with E-state index < -0.39 is 29.8 Å². The van der Waals surface area contributed by atoms with Crippen molar-refractivity contribution >= 4 is 17.9 Å². The summed E-state index contributed by atoms with van der Waals surface area (Å²) >= 11 is 0. The Bertz CT molecular complexity index is 1110. The molecule has 2 rings (SSSR count). The van der Waals surface area contributed by atoms with Crippen molar-refractivity contribution in [2.75, 3.05) is 39.8 Å². The number of piperidine rings is 1. The Hall–Kier alpha value is -2.69. The molecule has 10 heteroatoms. The maximum Gasteiger partial charge on any atom is 0.407 e. The van der Waals surface area contributed by atoms with Crippen LogP contribution in [0.1, 0.15) is 110 Å². The lowest BCUT2D eigenvalue weighted by Gasteiger charge is -2.33. The van der Waals surface area contributed by atoms with E-state index in [4.69, 9.17) is 9.47 Å². The van der Waals surface area contributed by atoms with E-state index in [9.17, 15) is 19.5 Å². The van der Waals surface area contributed by atoms with Crippen LogP contribution >= 0.6 is 0 Å². The number of nitrogens with one attached hydrogen (secondary N) is 3. The molecule has 10 nitrogen and oxygen atoms in total. The van der Waals surface area contributed by atoms with Crippen LogP contribution in [0.3, 0.4) is 0 Å². The Morgan fingerprint density at radius 2 is 1.67 bits per heavy atom. The predicted octanol–water partition coefficient (Wildman–Crippen LogP) is 5.56. The zero-order valence-electron chi connectivity index (χ0n) is 31.3. The van der Waals surface area contributed by atoms with E-state index in [-0.39, 0.29) is 36.0 Å². The fraction of sp³-hybridized carbons (Fsp3) is 0.763. The minimum absolute atomic E-state index is 0.000826. The number of rotatable bonds is 19. The van der Waals surface area contributed by atoms with Crippen molar-refractivity contribution in [2.24, 2.45) is 23.7 Å². The number of aliphatic hydroxyl groups excluding tert-OH is 1. The van der Waals surface area contributed by atoms with E-state index in [0.717, 1.165) is 57.3 Å². The number of carbonyl (C=O) groups excluding carboxylic acids is 3. The highest BCUT2D eigenvalue weighted by Gasteiger charge is 2.33. The highest BCUT2D eigenvalue weighted by Crippen LogP contribution is 2.25. The maximum atomic E-state index is 13.6. The quantitative estimate of drug-likeness (QED) is 0.141. The molecule has 4 unspecified atom stereocenters. The first-order chi connectivity index (χ1) is 22.6. The van der Waals surface area contributed by atoms with Crippen molar-refractivity contribution < 1.29 is 29.0 Å². The zero-order valence-corrected chi connectivity index (χ0v) is 31.3. The lowest BCUT2D eigenvalue weighted by molar-refractivity contribution is -0.127. The molecule has 1 aliphatic rings. The number of alkyl carbamates (subject to hydrolysis) is 1. The number of amides is 3. The third-order valence-electron chi connectivity index (χ3n) is 9.48. The molecule has 4 atom stereocenters. The molecule has 0 saturated carbocycles. The van der Waals surface area contributed by atoms with Gasteiger partial charge in [-0.2, -0.15) is 0 Å². The average molecular weight is 675 g/mol. The highest BCUT2D eigenvalue weighted by molar-refractivity contribution is 5.95. The van der Waals surface area contributed by atoms with Gasteiger partial charge in [0.1, 0.15) is 5.60 Å². The smallest absolute Gasteiger partial charge is 0.407 e. The first-order valence-corrected chi connectivity index (χ1v) is 18.2. The van der Waals surface area contributed by atoms with E-state index in [2.05, 4.69) is 41.6 Å².